The summed E-state index contributed by atoms with van der Waals surface area (Å²) in [5, 5.41) is 54.5. The van der Waals surface area contributed by atoms with Crippen molar-refractivity contribution in [2.24, 2.45) is 5.73 Å². The van der Waals surface area contributed by atoms with E-state index in [9.17, 15) is 24.6 Å². The first kappa shape index (κ1) is 22.7. The molecule has 0 spiro atoms. The second-order valence-corrected chi connectivity index (χ2v) is 3.81. The molecule has 0 bridgehead atoms. The summed E-state index contributed by atoms with van der Waals surface area (Å²) in [6.45, 7) is -0.711. The Labute approximate surface area is 139 Å². The summed E-state index contributed by atoms with van der Waals surface area (Å²) < 4.78 is 4.25. The number of hydrogen-bond acceptors (Lipinski definition) is 10. The van der Waals surface area contributed by atoms with Gasteiger partial charge in [0.2, 0.25) is 0 Å². The summed E-state index contributed by atoms with van der Waals surface area (Å²) in [6, 6.07) is -1.40. The molecule has 0 saturated heterocycles. The molecule has 0 unspecified atom stereocenters. The van der Waals surface area contributed by atoms with E-state index in [0.29, 0.717) is 0 Å². The van der Waals surface area contributed by atoms with Crippen LogP contribution in [0.15, 0.2) is 11.5 Å². The zero-order valence-electron chi connectivity index (χ0n) is 11.2. The Kier molecular flexibility index (Phi) is 10.5. The van der Waals surface area contributed by atoms with Crippen LogP contribution in [0, 0.1) is 0 Å². The van der Waals surface area contributed by atoms with Crippen molar-refractivity contribution >= 4 is 41.0 Å². The van der Waals surface area contributed by atoms with Crippen LogP contribution in [0.4, 0.5) is 0 Å². The van der Waals surface area contributed by atoms with Crippen LogP contribution in [0.1, 0.15) is 6.42 Å². The number of carboxylic acids is 2. The molecule has 6 N–H and O–H groups in total. The molecular formula is C10H13MgNO10. The third-order valence-electron chi connectivity index (χ3n) is 2.15. The van der Waals surface area contributed by atoms with Crippen molar-refractivity contribution in [1.29, 1.82) is 0 Å². The predicted molar refractivity (Wildman–Crippen MR) is 63.6 cm³/mol. The van der Waals surface area contributed by atoms with Crippen LogP contribution < -0.4 is 15.9 Å². The molecule has 0 aromatic rings. The van der Waals surface area contributed by atoms with Gasteiger partial charge >= 0.3 is 35.0 Å². The molecule has 11 nitrogen and oxygen atoms in total. The van der Waals surface area contributed by atoms with Crippen LogP contribution in [0.2, 0.25) is 0 Å². The summed E-state index contributed by atoms with van der Waals surface area (Å²) in [7, 11) is 0. The number of carbonyl (C=O) groups is 3. The van der Waals surface area contributed by atoms with Crippen LogP contribution in [0.5, 0.6) is 0 Å². The number of nitrogens with two attached hydrogens (primary N) is 1. The molecule has 0 fully saturated rings. The van der Waals surface area contributed by atoms with Gasteiger partial charge in [-0.25, -0.2) is 4.79 Å². The van der Waals surface area contributed by atoms with Crippen molar-refractivity contribution in [2.75, 3.05) is 6.61 Å². The molecule has 0 aromatic carbocycles. The van der Waals surface area contributed by atoms with Crippen molar-refractivity contribution in [3.63, 3.8) is 0 Å². The minimum atomic E-state index is -1.54. The number of cyclic esters (lactones) is 1. The molecule has 0 aromatic heterocycles. The average Bonchev–Trinajstić information content (AvgIpc) is 2.65. The van der Waals surface area contributed by atoms with Crippen molar-refractivity contribution in [2.45, 2.75) is 24.7 Å². The van der Waals surface area contributed by atoms with E-state index < -0.39 is 60.7 Å². The Balaban J connectivity index is 0. The maximum atomic E-state index is 10.8. The zero-order chi connectivity index (χ0) is 16.7. The Morgan fingerprint density at radius 2 is 1.91 bits per heavy atom. The van der Waals surface area contributed by atoms with E-state index in [-0.39, 0.29) is 23.1 Å². The summed E-state index contributed by atoms with van der Waals surface area (Å²) in [5.41, 5.74) is 4.77. The smallest absolute Gasteiger partial charge is 0.870 e. The number of carboxylic acid groups (broad SMARTS) is 2. The van der Waals surface area contributed by atoms with Gasteiger partial charge in [-0.1, -0.05) is 0 Å². The second-order valence-electron chi connectivity index (χ2n) is 3.81. The van der Waals surface area contributed by atoms with Crippen LogP contribution >= 0.6 is 0 Å². The Hall–Kier alpha value is -1.60. The van der Waals surface area contributed by atoms with Gasteiger partial charge in [0, 0.05) is 0 Å². The number of esters is 1. The molecule has 1 aliphatic rings. The zero-order valence-corrected chi connectivity index (χ0v) is 12.6. The molecule has 1 aliphatic heterocycles. The number of carbonyl (C=O) groups excluding carboxylic acids is 2. The molecular weight excluding hydrogens is 318 g/mol. The van der Waals surface area contributed by atoms with E-state index in [1.54, 1.807) is 0 Å². The molecule has 3 atom stereocenters. The van der Waals surface area contributed by atoms with E-state index in [4.69, 9.17) is 26.2 Å². The molecule has 22 heavy (non-hydrogen) atoms. The van der Waals surface area contributed by atoms with E-state index in [1.165, 1.54) is 0 Å². The molecule has 0 radical (unpaired) electrons. The molecule has 0 aliphatic carbocycles. The fourth-order valence-corrected chi connectivity index (χ4v) is 1.08. The molecule has 1 rings (SSSR count). The largest absolute Gasteiger partial charge is 2.00 e. The second kappa shape index (κ2) is 10.2. The number of ether oxygens (including phenoxy) is 1. The van der Waals surface area contributed by atoms with Crippen LogP contribution in [0.3, 0.4) is 0 Å². The van der Waals surface area contributed by atoms with E-state index >= 15 is 0 Å². The fraction of sp³-hybridized carbons (Fsp3) is 0.500. The molecule has 0 saturated carbocycles. The number of hydrogen-bond donors (Lipinski definition) is 5. The SMILES string of the molecule is N[C@@H](CC(=O)O)C(=O)[O-].O=C1O[C@H]([C@@H](O)CO)C([O-])=C1O.[Mg+2]. The maximum absolute atomic E-state index is 10.8. The minimum Gasteiger partial charge on any atom is -0.870 e. The molecule has 12 heteroatoms. The van der Waals surface area contributed by atoms with E-state index in [0.717, 1.165) is 0 Å². The summed E-state index contributed by atoms with van der Waals surface area (Å²) in [6.07, 6.45) is -3.55. The first-order valence-electron chi connectivity index (χ1n) is 5.40. The van der Waals surface area contributed by atoms with Crippen molar-refractivity contribution in [1.82, 2.24) is 0 Å². The number of aliphatic hydroxyl groups excluding tert-OH is 3. The van der Waals surface area contributed by atoms with Crippen molar-refractivity contribution in [3.05, 3.63) is 11.5 Å². The molecule has 0 amide bonds. The average molecular weight is 332 g/mol. The van der Waals surface area contributed by atoms with Crippen molar-refractivity contribution < 1.29 is 49.8 Å². The van der Waals surface area contributed by atoms with Gasteiger partial charge in [0.1, 0.15) is 12.2 Å². The Morgan fingerprint density at radius 1 is 1.41 bits per heavy atom. The minimum absolute atomic E-state index is 0. The summed E-state index contributed by atoms with van der Waals surface area (Å²) in [4.78, 5) is 30.0. The first-order chi connectivity index (χ1) is 9.61. The van der Waals surface area contributed by atoms with Gasteiger partial charge < -0.3 is 45.9 Å². The maximum Gasteiger partial charge on any atom is 2.00 e. The Morgan fingerprint density at radius 3 is 2.14 bits per heavy atom. The quantitative estimate of drug-likeness (QED) is 0.236. The van der Waals surface area contributed by atoms with Gasteiger partial charge in [-0.3, -0.25) is 4.79 Å². The fourth-order valence-electron chi connectivity index (χ4n) is 1.08. The molecule has 1 heterocycles. The van der Waals surface area contributed by atoms with E-state index in [2.05, 4.69) is 4.74 Å². The third-order valence-corrected chi connectivity index (χ3v) is 2.15. The van der Waals surface area contributed by atoms with Gasteiger partial charge in [-0.2, -0.15) is 0 Å². The van der Waals surface area contributed by atoms with Gasteiger partial charge in [-0.15, -0.1) is 0 Å². The van der Waals surface area contributed by atoms with Gasteiger partial charge in [-0.05, 0) is 5.76 Å². The molecule has 120 valence electrons. The third kappa shape index (κ3) is 6.90. The number of rotatable bonds is 5. The van der Waals surface area contributed by atoms with Gasteiger partial charge in [0.15, 0.2) is 5.76 Å². The van der Waals surface area contributed by atoms with Gasteiger partial charge in [0.25, 0.3) is 0 Å². The predicted octanol–water partition coefficient (Wildman–Crippen LogP) is -5.45. The van der Waals surface area contributed by atoms with Crippen LogP contribution in [-0.2, 0) is 19.1 Å². The number of aliphatic carboxylic acids is 2. The van der Waals surface area contributed by atoms with E-state index in [1.807, 2.05) is 0 Å². The van der Waals surface area contributed by atoms with Crippen LogP contribution in [-0.4, -0.2) is 86.2 Å². The Bertz CT molecular complexity index is 451. The summed E-state index contributed by atoms with van der Waals surface area (Å²) >= 11 is 0. The number of aliphatic hydroxyl groups is 3. The summed E-state index contributed by atoms with van der Waals surface area (Å²) in [5.74, 6) is -5.99. The van der Waals surface area contributed by atoms with Crippen LogP contribution in [0.25, 0.3) is 0 Å². The van der Waals surface area contributed by atoms with Gasteiger partial charge in [0.05, 0.1) is 25.0 Å². The van der Waals surface area contributed by atoms with Crippen molar-refractivity contribution in [3.8, 4) is 0 Å². The standard InChI is InChI=1S/C6H8O6.C4H7NO4.Mg/c7-1-2(8)5-3(9)4(10)6(11)12-5;5-2(4(8)9)1-3(6)7;/h2,5,7-10H,1H2;2H,1,5H2,(H,6,7)(H,8,9);/q;;+2/p-2/t2-,5+;2-;/m00./s1. The normalized spacial score (nSPS) is 19.2. The first-order valence-corrected chi connectivity index (χ1v) is 5.40. The topological polar surface area (TPSA) is 213 Å². The monoisotopic (exact) mass is 331 g/mol.